The van der Waals surface area contributed by atoms with Gasteiger partial charge < -0.3 is 9.47 Å². The Morgan fingerprint density at radius 3 is 2.23 bits per heavy atom. The van der Waals surface area contributed by atoms with Crippen LogP contribution >= 0.6 is 0 Å². The van der Waals surface area contributed by atoms with E-state index >= 15 is 0 Å². The lowest BCUT2D eigenvalue weighted by Gasteiger charge is -2.15. The van der Waals surface area contributed by atoms with Gasteiger partial charge in [0.1, 0.15) is 0 Å². The van der Waals surface area contributed by atoms with E-state index < -0.39 is 23.0 Å². The van der Waals surface area contributed by atoms with E-state index in [2.05, 4.69) is 4.98 Å². The maximum Gasteiger partial charge on any atom is 0.416 e. The highest BCUT2D eigenvalue weighted by atomic mass is 19.4. The van der Waals surface area contributed by atoms with Crippen LogP contribution in [-0.2, 0) is 25.7 Å². The van der Waals surface area contributed by atoms with E-state index in [9.17, 15) is 22.8 Å². The van der Waals surface area contributed by atoms with Gasteiger partial charge in [0.15, 0.2) is 17.0 Å². The summed E-state index contributed by atoms with van der Waals surface area (Å²) >= 11 is 0. The number of benzene rings is 2. The topological polar surface area (TPSA) is 75.4 Å². The van der Waals surface area contributed by atoms with Gasteiger partial charge in [-0.1, -0.05) is 18.2 Å². The normalized spacial score (nSPS) is 11.6. The molecule has 0 bridgehead atoms. The van der Waals surface area contributed by atoms with E-state index in [-0.39, 0.29) is 18.6 Å². The Balaban J connectivity index is 1.71. The predicted molar refractivity (Wildman–Crippen MR) is 124 cm³/mol. The third-order valence-corrected chi connectivity index (χ3v) is 5.68. The highest BCUT2D eigenvalue weighted by molar-refractivity contribution is 5.73. The minimum Gasteiger partial charge on any atom is -0.493 e. The predicted octanol–water partition coefficient (Wildman–Crippen LogP) is 3.89. The Labute approximate surface area is 198 Å². The number of aryl methyl sites for hydroxylation is 1. The summed E-state index contributed by atoms with van der Waals surface area (Å²) in [6, 6.07) is 13.1. The molecule has 4 aromatic rings. The first-order chi connectivity index (χ1) is 16.7. The zero-order valence-corrected chi connectivity index (χ0v) is 19.0. The summed E-state index contributed by atoms with van der Waals surface area (Å²) in [5.74, 6) is 1.08. The van der Waals surface area contributed by atoms with Crippen molar-refractivity contribution in [3.05, 3.63) is 98.3 Å². The van der Waals surface area contributed by atoms with Gasteiger partial charge in [-0.05, 0) is 53.9 Å². The van der Waals surface area contributed by atoms with Gasteiger partial charge in [0.2, 0.25) is 0 Å². The van der Waals surface area contributed by atoms with Crippen molar-refractivity contribution in [1.82, 2.24) is 14.1 Å². The van der Waals surface area contributed by atoms with Gasteiger partial charge in [0, 0.05) is 12.7 Å². The molecule has 0 amide bonds. The average Bonchev–Trinajstić information content (AvgIpc) is 2.86. The molecule has 7 nitrogen and oxygen atoms in total. The molecule has 4 rings (SSSR count). The fraction of sp³-hybridized carbons (Fsp3) is 0.240. The lowest BCUT2D eigenvalue weighted by Crippen LogP contribution is -2.41. The first-order valence-electron chi connectivity index (χ1n) is 10.7. The molecular formula is C25H22F3N3O4. The standard InChI is InChI=1S/C25H22F3N3O4/c1-34-20-10-7-16(14-21(20)35-2)11-13-30-23(32)22-19(4-3-12-29-22)31(24(30)33)15-17-5-8-18(9-6-17)25(26,27)28/h3-10,12,14H,11,13,15H2,1-2H3. The first kappa shape index (κ1) is 24.1. The summed E-state index contributed by atoms with van der Waals surface area (Å²) in [5, 5.41) is 0. The van der Waals surface area contributed by atoms with Crippen LogP contribution in [-0.4, -0.2) is 28.3 Å². The number of fused-ring (bicyclic) bond motifs is 1. The molecule has 0 N–H and O–H groups in total. The molecule has 0 radical (unpaired) electrons. The van der Waals surface area contributed by atoms with Crippen molar-refractivity contribution in [2.75, 3.05) is 14.2 Å². The molecule has 2 heterocycles. The lowest BCUT2D eigenvalue weighted by atomic mass is 10.1. The van der Waals surface area contributed by atoms with Crippen molar-refractivity contribution in [2.24, 2.45) is 0 Å². The molecule has 0 spiro atoms. The van der Waals surface area contributed by atoms with Crippen LogP contribution < -0.4 is 20.7 Å². The maximum atomic E-state index is 13.4. The molecule has 0 aliphatic carbocycles. The molecule has 10 heteroatoms. The number of aromatic nitrogens is 3. The Hall–Kier alpha value is -4.08. The van der Waals surface area contributed by atoms with Gasteiger partial charge >= 0.3 is 11.9 Å². The summed E-state index contributed by atoms with van der Waals surface area (Å²) < 4.78 is 51.7. The monoisotopic (exact) mass is 485 g/mol. The highest BCUT2D eigenvalue weighted by Crippen LogP contribution is 2.29. The molecule has 0 saturated carbocycles. The molecule has 0 aliphatic rings. The molecule has 182 valence electrons. The van der Waals surface area contributed by atoms with Crippen LogP contribution in [0, 0.1) is 0 Å². The van der Waals surface area contributed by atoms with Gasteiger partial charge in [0.25, 0.3) is 5.56 Å². The third-order valence-electron chi connectivity index (χ3n) is 5.68. The van der Waals surface area contributed by atoms with Gasteiger partial charge in [-0.3, -0.25) is 13.9 Å². The van der Waals surface area contributed by atoms with Crippen LogP contribution in [0.4, 0.5) is 13.2 Å². The van der Waals surface area contributed by atoms with Crippen LogP contribution in [0.5, 0.6) is 11.5 Å². The van der Waals surface area contributed by atoms with Crippen molar-refractivity contribution < 1.29 is 22.6 Å². The molecule has 0 atom stereocenters. The maximum absolute atomic E-state index is 13.4. The van der Waals surface area contributed by atoms with Crippen molar-refractivity contribution >= 4 is 11.0 Å². The average molecular weight is 485 g/mol. The summed E-state index contributed by atoms with van der Waals surface area (Å²) in [5.41, 5.74) is -0.165. The smallest absolute Gasteiger partial charge is 0.416 e. The van der Waals surface area contributed by atoms with E-state index in [0.29, 0.717) is 29.0 Å². The first-order valence-corrected chi connectivity index (χ1v) is 10.7. The quantitative estimate of drug-likeness (QED) is 0.397. The minimum absolute atomic E-state index is 0.0181. The summed E-state index contributed by atoms with van der Waals surface area (Å²) in [6.07, 6.45) is -2.65. The Bertz CT molecular complexity index is 1480. The Morgan fingerprint density at radius 2 is 1.57 bits per heavy atom. The largest absolute Gasteiger partial charge is 0.493 e. The van der Waals surface area contributed by atoms with Crippen molar-refractivity contribution in [1.29, 1.82) is 0 Å². The van der Waals surface area contributed by atoms with E-state index in [1.165, 1.54) is 37.1 Å². The summed E-state index contributed by atoms with van der Waals surface area (Å²) in [6.45, 7) is 0.0580. The molecule has 35 heavy (non-hydrogen) atoms. The molecule has 0 unspecified atom stereocenters. The lowest BCUT2D eigenvalue weighted by molar-refractivity contribution is -0.137. The Kier molecular flexibility index (Phi) is 6.63. The number of nitrogens with zero attached hydrogens (tertiary/aromatic N) is 3. The molecule has 0 fully saturated rings. The molecular weight excluding hydrogens is 463 g/mol. The number of pyridine rings is 1. The van der Waals surface area contributed by atoms with E-state index in [4.69, 9.17) is 9.47 Å². The second kappa shape index (κ2) is 9.65. The van der Waals surface area contributed by atoms with Crippen molar-refractivity contribution in [3.63, 3.8) is 0 Å². The van der Waals surface area contributed by atoms with Crippen LogP contribution in [0.25, 0.3) is 11.0 Å². The van der Waals surface area contributed by atoms with E-state index in [1.54, 1.807) is 24.3 Å². The van der Waals surface area contributed by atoms with Gasteiger partial charge in [-0.25, -0.2) is 9.78 Å². The Morgan fingerprint density at radius 1 is 0.886 bits per heavy atom. The molecule has 2 aromatic heterocycles. The van der Waals surface area contributed by atoms with Crippen LogP contribution in [0.3, 0.4) is 0 Å². The number of alkyl halides is 3. The van der Waals surface area contributed by atoms with Crippen LogP contribution in [0.2, 0.25) is 0 Å². The van der Waals surface area contributed by atoms with Gasteiger partial charge in [-0.15, -0.1) is 0 Å². The zero-order valence-electron chi connectivity index (χ0n) is 19.0. The van der Waals surface area contributed by atoms with Gasteiger partial charge in [0.05, 0.1) is 31.8 Å². The minimum atomic E-state index is -4.46. The molecule has 2 aromatic carbocycles. The third kappa shape index (κ3) is 4.91. The zero-order chi connectivity index (χ0) is 25.2. The molecule has 0 saturated heterocycles. The summed E-state index contributed by atoms with van der Waals surface area (Å²) in [4.78, 5) is 30.6. The van der Waals surface area contributed by atoms with Crippen molar-refractivity contribution in [3.8, 4) is 11.5 Å². The van der Waals surface area contributed by atoms with Crippen molar-refractivity contribution in [2.45, 2.75) is 25.7 Å². The summed E-state index contributed by atoms with van der Waals surface area (Å²) in [7, 11) is 3.04. The number of hydrogen-bond donors (Lipinski definition) is 0. The van der Waals surface area contributed by atoms with Crippen LogP contribution in [0.15, 0.2) is 70.4 Å². The molecule has 0 aliphatic heterocycles. The van der Waals surface area contributed by atoms with E-state index in [1.807, 2.05) is 6.07 Å². The second-order valence-electron chi connectivity index (χ2n) is 7.83. The second-order valence-corrected chi connectivity index (χ2v) is 7.83. The number of methoxy groups -OCH3 is 2. The fourth-order valence-electron chi connectivity index (χ4n) is 3.85. The SMILES string of the molecule is COc1ccc(CCn2c(=O)c3ncccc3n(Cc3ccc(C(F)(F)F)cc3)c2=O)cc1OC. The van der Waals surface area contributed by atoms with Gasteiger partial charge in [-0.2, -0.15) is 13.2 Å². The number of rotatable bonds is 7. The number of hydrogen-bond acceptors (Lipinski definition) is 5. The fourth-order valence-corrected chi connectivity index (χ4v) is 3.85. The number of halogens is 3. The highest BCUT2D eigenvalue weighted by Gasteiger charge is 2.30. The number of ether oxygens (including phenoxy) is 2. The van der Waals surface area contributed by atoms with E-state index in [0.717, 1.165) is 22.3 Å². The van der Waals surface area contributed by atoms with Crippen LogP contribution in [0.1, 0.15) is 16.7 Å².